The van der Waals surface area contributed by atoms with Gasteiger partial charge >= 0.3 is 0 Å². The summed E-state index contributed by atoms with van der Waals surface area (Å²) in [7, 11) is 1.89. The van der Waals surface area contributed by atoms with Crippen molar-refractivity contribution in [3.8, 4) is 0 Å². The number of nitrogens with two attached hydrogens (primary N) is 1. The molecule has 0 aliphatic heterocycles. The SMILES string of the molecule is Cn1nccc1CCC(N)c1ccc(Cl)c(F)c1. The van der Waals surface area contributed by atoms with E-state index in [1.54, 1.807) is 12.3 Å². The highest BCUT2D eigenvalue weighted by Gasteiger charge is 2.10. The molecule has 2 N–H and O–H groups in total. The lowest BCUT2D eigenvalue weighted by molar-refractivity contribution is 0.597. The molecule has 0 saturated carbocycles. The second kappa shape index (κ2) is 5.50. The van der Waals surface area contributed by atoms with Crippen molar-refractivity contribution in [2.45, 2.75) is 18.9 Å². The van der Waals surface area contributed by atoms with Gasteiger partial charge in [-0.15, -0.1) is 0 Å². The van der Waals surface area contributed by atoms with E-state index in [2.05, 4.69) is 5.10 Å². The monoisotopic (exact) mass is 267 g/mol. The van der Waals surface area contributed by atoms with Crippen LogP contribution < -0.4 is 5.73 Å². The molecule has 1 unspecified atom stereocenters. The minimum absolute atomic E-state index is 0.123. The van der Waals surface area contributed by atoms with Gasteiger partial charge in [-0.05, 0) is 36.6 Å². The smallest absolute Gasteiger partial charge is 0.142 e. The molecule has 0 radical (unpaired) electrons. The van der Waals surface area contributed by atoms with Crippen molar-refractivity contribution in [2.24, 2.45) is 12.8 Å². The zero-order chi connectivity index (χ0) is 13.1. The molecule has 0 spiro atoms. The van der Waals surface area contributed by atoms with Gasteiger partial charge in [0.15, 0.2) is 0 Å². The summed E-state index contributed by atoms with van der Waals surface area (Å²) in [5.41, 5.74) is 7.92. The van der Waals surface area contributed by atoms with E-state index in [1.165, 1.54) is 12.1 Å². The Bertz CT molecular complexity index is 539. The summed E-state index contributed by atoms with van der Waals surface area (Å²) in [6.07, 6.45) is 3.30. The third kappa shape index (κ3) is 2.89. The highest BCUT2D eigenvalue weighted by molar-refractivity contribution is 6.30. The van der Waals surface area contributed by atoms with Crippen LogP contribution in [0, 0.1) is 5.82 Å². The van der Waals surface area contributed by atoms with Gasteiger partial charge in [-0.1, -0.05) is 17.7 Å². The Balaban J connectivity index is 2.01. The van der Waals surface area contributed by atoms with Gasteiger partial charge < -0.3 is 5.73 Å². The van der Waals surface area contributed by atoms with Crippen LogP contribution >= 0.6 is 11.6 Å². The van der Waals surface area contributed by atoms with Crippen LogP contribution in [0.4, 0.5) is 4.39 Å². The summed E-state index contributed by atoms with van der Waals surface area (Å²) in [6, 6.07) is 6.45. The number of rotatable bonds is 4. The van der Waals surface area contributed by atoms with Gasteiger partial charge in [0.05, 0.1) is 5.02 Å². The number of hydrogen-bond donors (Lipinski definition) is 1. The van der Waals surface area contributed by atoms with Crippen LogP contribution in [0.5, 0.6) is 0 Å². The number of halogens is 2. The van der Waals surface area contributed by atoms with Crippen molar-refractivity contribution in [3.63, 3.8) is 0 Å². The Hall–Kier alpha value is -1.39. The Morgan fingerprint density at radius 2 is 2.22 bits per heavy atom. The summed E-state index contributed by atoms with van der Waals surface area (Å²) in [5.74, 6) is -0.426. The zero-order valence-electron chi connectivity index (χ0n) is 10.1. The first-order valence-corrected chi connectivity index (χ1v) is 6.13. The topological polar surface area (TPSA) is 43.8 Å². The molecule has 96 valence electrons. The van der Waals surface area contributed by atoms with Gasteiger partial charge in [0.25, 0.3) is 0 Å². The van der Waals surface area contributed by atoms with Crippen molar-refractivity contribution >= 4 is 11.6 Å². The van der Waals surface area contributed by atoms with E-state index in [1.807, 2.05) is 17.8 Å². The predicted molar refractivity (Wildman–Crippen MR) is 69.9 cm³/mol. The molecule has 0 fully saturated rings. The molecule has 0 aliphatic carbocycles. The standard InChI is InChI=1S/C13H15ClFN3/c1-18-10(6-7-17-18)3-5-13(16)9-2-4-11(14)12(15)8-9/h2,4,6-8,13H,3,5,16H2,1H3. The molecule has 2 rings (SSSR count). The second-order valence-corrected chi connectivity index (χ2v) is 4.67. The molecule has 2 aromatic rings. The van der Waals surface area contributed by atoms with Gasteiger partial charge in [0.1, 0.15) is 5.82 Å². The van der Waals surface area contributed by atoms with Crippen LogP contribution in [0.15, 0.2) is 30.5 Å². The highest BCUT2D eigenvalue weighted by atomic mass is 35.5. The first kappa shape index (κ1) is 13.1. The molecule has 18 heavy (non-hydrogen) atoms. The fourth-order valence-electron chi connectivity index (χ4n) is 1.86. The Labute approximate surface area is 110 Å². The maximum absolute atomic E-state index is 13.3. The van der Waals surface area contributed by atoms with Gasteiger partial charge in [0, 0.05) is 25.0 Å². The lowest BCUT2D eigenvalue weighted by atomic mass is 10.0. The molecule has 0 saturated heterocycles. The van der Waals surface area contributed by atoms with Crippen LogP contribution in [0.2, 0.25) is 5.02 Å². The number of aryl methyl sites for hydroxylation is 2. The average Bonchev–Trinajstić information content (AvgIpc) is 2.75. The third-order valence-electron chi connectivity index (χ3n) is 3.01. The van der Waals surface area contributed by atoms with Crippen molar-refractivity contribution in [1.29, 1.82) is 0 Å². The Kier molecular flexibility index (Phi) is 3.99. The third-order valence-corrected chi connectivity index (χ3v) is 3.31. The summed E-state index contributed by atoms with van der Waals surface area (Å²) in [5, 5.41) is 4.21. The van der Waals surface area contributed by atoms with Crippen molar-refractivity contribution in [1.82, 2.24) is 9.78 Å². The maximum atomic E-state index is 13.3. The quantitative estimate of drug-likeness (QED) is 0.926. The van der Waals surface area contributed by atoms with Crippen LogP contribution in [0.1, 0.15) is 23.7 Å². The normalized spacial score (nSPS) is 12.7. The molecular formula is C13H15ClFN3. The number of aromatic nitrogens is 2. The molecule has 0 bridgehead atoms. The van der Waals surface area contributed by atoms with E-state index in [9.17, 15) is 4.39 Å². The van der Waals surface area contributed by atoms with E-state index >= 15 is 0 Å². The molecule has 5 heteroatoms. The van der Waals surface area contributed by atoms with Crippen LogP contribution in [-0.4, -0.2) is 9.78 Å². The van der Waals surface area contributed by atoms with Crippen LogP contribution in [0.25, 0.3) is 0 Å². The number of hydrogen-bond acceptors (Lipinski definition) is 2. The number of nitrogens with zero attached hydrogens (tertiary/aromatic N) is 2. The first-order valence-electron chi connectivity index (χ1n) is 5.75. The average molecular weight is 268 g/mol. The molecule has 1 aromatic heterocycles. The van der Waals surface area contributed by atoms with Crippen LogP contribution in [-0.2, 0) is 13.5 Å². The largest absolute Gasteiger partial charge is 0.324 e. The number of benzene rings is 1. The van der Waals surface area contributed by atoms with E-state index in [4.69, 9.17) is 17.3 Å². The van der Waals surface area contributed by atoms with Crippen LogP contribution in [0.3, 0.4) is 0 Å². The van der Waals surface area contributed by atoms with Gasteiger partial charge in [-0.2, -0.15) is 5.10 Å². The van der Waals surface area contributed by atoms with Crippen molar-refractivity contribution in [3.05, 3.63) is 52.6 Å². The van der Waals surface area contributed by atoms with E-state index < -0.39 is 5.82 Å². The Morgan fingerprint density at radius 3 is 2.83 bits per heavy atom. The van der Waals surface area contributed by atoms with Crippen molar-refractivity contribution < 1.29 is 4.39 Å². The Morgan fingerprint density at radius 1 is 1.44 bits per heavy atom. The fourth-order valence-corrected chi connectivity index (χ4v) is 1.98. The van der Waals surface area contributed by atoms with Crippen molar-refractivity contribution in [2.75, 3.05) is 0 Å². The van der Waals surface area contributed by atoms with E-state index in [0.29, 0.717) is 0 Å². The lowest BCUT2D eigenvalue weighted by Gasteiger charge is -2.12. The molecule has 1 aromatic carbocycles. The van der Waals surface area contributed by atoms with Gasteiger partial charge in [-0.3, -0.25) is 4.68 Å². The minimum atomic E-state index is -0.426. The highest BCUT2D eigenvalue weighted by Crippen LogP contribution is 2.21. The predicted octanol–water partition coefficient (Wildman–Crippen LogP) is 2.85. The molecule has 1 atom stereocenters. The van der Waals surface area contributed by atoms with Gasteiger partial charge in [0.2, 0.25) is 0 Å². The maximum Gasteiger partial charge on any atom is 0.142 e. The van der Waals surface area contributed by atoms with E-state index in [-0.39, 0.29) is 11.1 Å². The summed E-state index contributed by atoms with van der Waals surface area (Å²) < 4.78 is 15.1. The molecule has 0 amide bonds. The fraction of sp³-hybridized carbons (Fsp3) is 0.308. The summed E-state index contributed by atoms with van der Waals surface area (Å²) in [6.45, 7) is 0. The van der Waals surface area contributed by atoms with E-state index in [0.717, 1.165) is 24.1 Å². The summed E-state index contributed by atoms with van der Waals surface area (Å²) in [4.78, 5) is 0. The second-order valence-electron chi connectivity index (χ2n) is 4.26. The molecule has 0 aliphatic rings. The lowest BCUT2D eigenvalue weighted by Crippen LogP contribution is -2.12. The van der Waals surface area contributed by atoms with Gasteiger partial charge in [-0.25, -0.2) is 4.39 Å². The molecular weight excluding hydrogens is 253 g/mol. The summed E-state index contributed by atoms with van der Waals surface area (Å²) >= 11 is 5.64. The minimum Gasteiger partial charge on any atom is -0.324 e. The molecule has 1 heterocycles. The molecule has 3 nitrogen and oxygen atoms in total. The zero-order valence-corrected chi connectivity index (χ0v) is 10.9. The first-order chi connectivity index (χ1) is 8.58.